The first-order chi connectivity index (χ1) is 14.0. The number of unbranched alkanes of at least 4 members (excludes halogenated alkanes) is 1. The van der Waals surface area contributed by atoms with Crippen LogP contribution in [0.2, 0.25) is 0 Å². The highest BCUT2D eigenvalue weighted by atomic mass is 16.5. The highest BCUT2D eigenvalue weighted by Gasteiger charge is 2.15. The van der Waals surface area contributed by atoms with E-state index in [2.05, 4.69) is 25.2 Å². The average molecular weight is 406 g/mol. The van der Waals surface area contributed by atoms with Crippen molar-refractivity contribution in [3.05, 3.63) is 17.6 Å². The lowest BCUT2D eigenvalue weighted by molar-refractivity contribution is -0.141. The Balaban J connectivity index is 1.89. The van der Waals surface area contributed by atoms with Crippen molar-refractivity contribution in [1.29, 1.82) is 0 Å². The van der Waals surface area contributed by atoms with E-state index >= 15 is 0 Å². The molecule has 4 N–H and O–H groups in total. The predicted molar refractivity (Wildman–Crippen MR) is 109 cm³/mol. The molecule has 0 radical (unpaired) electrons. The molecule has 0 saturated carbocycles. The van der Waals surface area contributed by atoms with Gasteiger partial charge in [-0.05, 0) is 39.2 Å². The fourth-order valence-corrected chi connectivity index (χ4v) is 2.93. The fourth-order valence-electron chi connectivity index (χ4n) is 2.93. The first-order valence-electron chi connectivity index (χ1n) is 9.83. The maximum atomic E-state index is 11.7. The Labute approximate surface area is 170 Å². The molecule has 29 heavy (non-hydrogen) atoms. The summed E-state index contributed by atoms with van der Waals surface area (Å²) in [4.78, 5) is 31.7. The number of urea groups is 1. The van der Waals surface area contributed by atoms with Gasteiger partial charge < -0.3 is 30.4 Å². The van der Waals surface area contributed by atoms with Crippen LogP contribution in [0.1, 0.15) is 38.1 Å². The number of rotatable bonds is 11. The largest absolute Gasteiger partial charge is 0.465 e. The number of esters is 1. The minimum Gasteiger partial charge on any atom is -0.465 e. The van der Waals surface area contributed by atoms with E-state index in [1.165, 1.54) is 0 Å². The molecular weight excluding hydrogens is 376 g/mol. The zero-order chi connectivity index (χ0) is 21.2. The molecule has 2 aromatic heterocycles. The van der Waals surface area contributed by atoms with E-state index in [1.807, 2.05) is 13.8 Å². The average Bonchev–Trinajstić information content (AvgIpc) is 3.07. The molecule has 2 aromatic rings. The van der Waals surface area contributed by atoms with Crippen LogP contribution in [0.25, 0.3) is 11.0 Å². The normalized spacial score (nSPS) is 10.9. The minimum atomic E-state index is -0.458. The van der Waals surface area contributed by atoms with E-state index < -0.39 is 12.0 Å². The molecule has 0 spiro atoms. The topological polar surface area (TPSA) is 133 Å². The van der Waals surface area contributed by atoms with Gasteiger partial charge in [-0.15, -0.1) is 0 Å². The molecule has 2 amide bonds. The molecule has 0 aliphatic carbocycles. The number of hydrogen-bond donors (Lipinski definition) is 3. The first-order valence-corrected chi connectivity index (χ1v) is 9.83. The van der Waals surface area contributed by atoms with Crippen molar-refractivity contribution in [2.45, 2.75) is 46.8 Å². The van der Waals surface area contributed by atoms with Crippen molar-refractivity contribution < 1.29 is 19.1 Å². The van der Waals surface area contributed by atoms with Crippen LogP contribution in [-0.2, 0) is 27.4 Å². The van der Waals surface area contributed by atoms with Gasteiger partial charge in [-0.1, -0.05) is 0 Å². The van der Waals surface area contributed by atoms with E-state index in [1.54, 1.807) is 13.1 Å². The highest BCUT2D eigenvalue weighted by Crippen LogP contribution is 2.24. The van der Waals surface area contributed by atoms with Gasteiger partial charge in [0.1, 0.15) is 24.5 Å². The second-order valence-corrected chi connectivity index (χ2v) is 6.46. The Morgan fingerprint density at radius 3 is 2.72 bits per heavy atom. The van der Waals surface area contributed by atoms with Crippen LogP contribution in [0.15, 0.2) is 6.20 Å². The number of hydrogen-bond acceptors (Lipinski definition) is 7. The summed E-state index contributed by atoms with van der Waals surface area (Å²) in [5.41, 5.74) is 8.66. The van der Waals surface area contributed by atoms with E-state index in [4.69, 9.17) is 15.2 Å². The number of imidazole rings is 1. The zero-order valence-corrected chi connectivity index (χ0v) is 17.3. The number of nitrogens with one attached hydrogen (secondary N) is 2. The van der Waals surface area contributed by atoms with Crippen LogP contribution in [-0.4, -0.2) is 52.8 Å². The van der Waals surface area contributed by atoms with E-state index in [0.717, 1.165) is 36.3 Å². The van der Waals surface area contributed by atoms with E-state index in [0.29, 0.717) is 31.1 Å². The van der Waals surface area contributed by atoms with Crippen molar-refractivity contribution >= 4 is 28.9 Å². The van der Waals surface area contributed by atoms with Gasteiger partial charge in [-0.3, -0.25) is 4.79 Å². The van der Waals surface area contributed by atoms with E-state index in [9.17, 15) is 9.59 Å². The summed E-state index contributed by atoms with van der Waals surface area (Å²) < 4.78 is 12.4. The van der Waals surface area contributed by atoms with E-state index in [-0.39, 0.29) is 13.2 Å². The maximum absolute atomic E-state index is 11.7. The molecular formula is C19H30N6O4. The van der Waals surface area contributed by atoms with Gasteiger partial charge in [0.15, 0.2) is 5.82 Å². The van der Waals surface area contributed by atoms with Gasteiger partial charge in [0.05, 0.1) is 12.1 Å². The van der Waals surface area contributed by atoms with Crippen LogP contribution < -0.4 is 16.4 Å². The number of nitrogen functional groups attached to an aromatic ring is 1. The van der Waals surface area contributed by atoms with Crippen LogP contribution in [0, 0.1) is 6.92 Å². The molecule has 2 heterocycles. The summed E-state index contributed by atoms with van der Waals surface area (Å²) in [6.07, 6.45) is 3.33. The van der Waals surface area contributed by atoms with Crippen molar-refractivity contribution in [2.24, 2.45) is 0 Å². The first kappa shape index (κ1) is 22.4. The number of carbonyl (C=O) groups excluding carboxylic acids is 2. The molecule has 10 nitrogen and oxygen atoms in total. The summed E-state index contributed by atoms with van der Waals surface area (Å²) in [7, 11) is 0. The number of anilines is 1. The number of fused-ring (bicyclic) bond motifs is 1. The summed E-state index contributed by atoms with van der Waals surface area (Å²) >= 11 is 0. The Hall–Kier alpha value is -2.88. The monoisotopic (exact) mass is 406 g/mol. The van der Waals surface area contributed by atoms with Crippen molar-refractivity contribution in [3.63, 3.8) is 0 Å². The number of nitrogens with zero attached hydrogens (tertiary/aromatic N) is 3. The zero-order valence-electron chi connectivity index (χ0n) is 17.3. The molecule has 0 saturated heterocycles. The van der Waals surface area contributed by atoms with Crippen LogP contribution >= 0.6 is 0 Å². The number of aryl methyl sites for hydroxylation is 2. The lowest BCUT2D eigenvalue weighted by atomic mass is 10.2. The number of aromatic nitrogens is 3. The molecule has 0 fully saturated rings. The van der Waals surface area contributed by atoms with Crippen LogP contribution in [0.5, 0.6) is 0 Å². The summed E-state index contributed by atoms with van der Waals surface area (Å²) in [5.74, 6) is 0.757. The molecule has 2 rings (SSSR count). The quantitative estimate of drug-likeness (QED) is 0.380. The van der Waals surface area contributed by atoms with Crippen LogP contribution in [0.4, 0.5) is 10.6 Å². The standard InChI is InChI=1S/C19H30N6O4/c1-4-28-12-14-24-16-17(13(3)10-22-18(16)20)25(14)9-7-6-8-21-19(27)23-11-15(26)29-5-2/h10H,4-9,11-12H2,1-3H3,(H2,20,22)(H2,21,23,27). The summed E-state index contributed by atoms with van der Waals surface area (Å²) in [6.45, 7) is 7.99. The molecule has 0 aliphatic rings. The highest BCUT2D eigenvalue weighted by molar-refractivity contribution is 5.87. The predicted octanol–water partition coefficient (Wildman–Crippen LogP) is 1.50. The third-order valence-electron chi connectivity index (χ3n) is 4.29. The van der Waals surface area contributed by atoms with Gasteiger partial charge in [0.2, 0.25) is 0 Å². The summed E-state index contributed by atoms with van der Waals surface area (Å²) in [5, 5.41) is 5.19. The Bertz CT molecular complexity index is 836. The molecule has 0 aromatic carbocycles. The van der Waals surface area contributed by atoms with Gasteiger partial charge >= 0.3 is 12.0 Å². The lowest BCUT2D eigenvalue weighted by Crippen LogP contribution is -2.39. The third kappa shape index (κ3) is 6.31. The Kier molecular flexibility index (Phi) is 8.66. The minimum absolute atomic E-state index is 0.143. The number of carbonyl (C=O) groups is 2. The molecule has 0 atom stereocenters. The Morgan fingerprint density at radius 1 is 1.21 bits per heavy atom. The SMILES string of the molecule is CCOCc1nc2c(N)ncc(C)c2n1CCCCNC(=O)NCC(=O)OCC. The number of nitrogens with two attached hydrogens (primary N) is 1. The molecule has 0 bridgehead atoms. The lowest BCUT2D eigenvalue weighted by Gasteiger charge is -2.11. The van der Waals surface area contributed by atoms with Crippen LogP contribution in [0.3, 0.4) is 0 Å². The molecule has 0 aliphatic heterocycles. The van der Waals surface area contributed by atoms with Gasteiger partial charge in [0.25, 0.3) is 0 Å². The fraction of sp³-hybridized carbons (Fsp3) is 0.579. The second kappa shape index (κ2) is 11.2. The van der Waals surface area contributed by atoms with Crippen molar-refractivity contribution in [3.8, 4) is 0 Å². The van der Waals surface area contributed by atoms with Crippen molar-refractivity contribution in [1.82, 2.24) is 25.2 Å². The Morgan fingerprint density at radius 2 is 2.00 bits per heavy atom. The smallest absolute Gasteiger partial charge is 0.325 e. The number of amides is 2. The third-order valence-corrected chi connectivity index (χ3v) is 4.29. The summed E-state index contributed by atoms with van der Waals surface area (Å²) in [6, 6.07) is -0.391. The number of ether oxygens (including phenoxy) is 2. The van der Waals surface area contributed by atoms with Gasteiger partial charge in [-0.2, -0.15) is 0 Å². The van der Waals surface area contributed by atoms with Gasteiger partial charge in [-0.25, -0.2) is 14.8 Å². The molecule has 10 heteroatoms. The number of pyridine rings is 1. The second-order valence-electron chi connectivity index (χ2n) is 6.46. The molecule has 0 unspecified atom stereocenters. The maximum Gasteiger partial charge on any atom is 0.325 e. The van der Waals surface area contributed by atoms with Gasteiger partial charge in [0, 0.05) is 25.9 Å². The van der Waals surface area contributed by atoms with Crippen molar-refractivity contribution in [2.75, 3.05) is 32.0 Å². The molecule has 160 valence electrons.